The second kappa shape index (κ2) is 6.30. The maximum Gasteiger partial charge on any atom is 0.261 e. The lowest BCUT2D eigenvalue weighted by Crippen LogP contribution is -2.44. The Bertz CT molecular complexity index is 632. The maximum atomic E-state index is 12.2. The number of amides is 1. The summed E-state index contributed by atoms with van der Waals surface area (Å²) in [5, 5.41) is 7.22. The van der Waals surface area contributed by atoms with Crippen molar-refractivity contribution >= 4 is 28.6 Å². The summed E-state index contributed by atoms with van der Waals surface area (Å²) in [6.07, 6.45) is 1.13. The third kappa shape index (κ3) is 3.20. The zero-order chi connectivity index (χ0) is 14.8. The summed E-state index contributed by atoms with van der Waals surface area (Å²) in [4.78, 5) is 17.0. The van der Waals surface area contributed by atoms with Gasteiger partial charge in [-0.15, -0.1) is 22.7 Å². The van der Waals surface area contributed by atoms with Gasteiger partial charge in [-0.1, -0.05) is 0 Å². The normalized spacial score (nSPS) is 16.5. The summed E-state index contributed by atoms with van der Waals surface area (Å²) in [5.41, 5.74) is 2.52. The van der Waals surface area contributed by atoms with Crippen molar-refractivity contribution in [3.63, 3.8) is 0 Å². The number of nitrogens with zero attached hydrogens (tertiary/aromatic N) is 1. The lowest BCUT2D eigenvalue weighted by Gasteiger charge is -2.32. The Hall–Kier alpha value is -1.17. The number of nitrogens with one attached hydrogen (secondary N) is 1. The number of hydrogen-bond acceptors (Lipinski definition) is 4. The lowest BCUT2D eigenvalue weighted by atomic mass is 10.1. The molecule has 21 heavy (non-hydrogen) atoms. The van der Waals surface area contributed by atoms with E-state index >= 15 is 0 Å². The molecule has 1 N–H and O–H groups in total. The summed E-state index contributed by atoms with van der Waals surface area (Å²) in [6.45, 7) is 6.97. The zero-order valence-electron chi connectivity index (χ0n) is 12.4. The first kappa shape index (κ1) is 14.8. The molecule has 1 aliphatic rings. The first-order valence-electron chi connectivity index (χ1n) is 7.26. The highest BCUT2D eigenvalue weighted by atomic mass is 32.1. The molecule has 0 spiro atoms. The molecular formula is C16H20N2OS2. The van der Waals surface area contributed by atoms with Crippen molar-refractivity contribution in [1.29, 1.82) is 0 Å². The Morgan fingerprint density at radius 3 is 2.95 bits per heavy atom. The first-order chi connectivity index (χ1) is 10.1. The Kier molecular flexibility index (Phi) is 4.42. The fourth-order valence-electron chi connectivity index (χ4n) is 2.70. The van der Waals surface area contributed by atoms with E-state index in [4.69, 9.17) is 0 Å². The van der Waals surface area contributed by atoms with Crippen LogP contribution in [0.2, 0.25) is 0 Å². The van der Waals surface area contributed by atoms with Crippen LogP contribution >= 0.6 is 22.7 Å². The van der Waals surface area contributed by atoms with Crippen LogP contribution in [-0.4, -0.2) is 29.9 Å². The van der Waals surface area contributed by atoms with E-state index < -0.39 is 0 Å². The van der Waals surface area contributed by atoms with Gasteiger partial charge < -0.3 is 5.32 Å². The summed E-state index contributed by atoms with van der Waals surface area (Å²) < 4.78 is 0. The van der Waals surface area contributed by atoms with Crippen molar-refractivity contribution < 1.29 is 4.79 Å². The van der Waals surface area contributed by atoms with Crippen LogP contribution < -0.4 is 5.32 Å². The summed E-state index contributed by atoms with van der Waals surface area (Å²) in [7, 11) is 0. The predicted octanol–water partition coefficient (Wildman–Crippen LogP) is 3.29. The number of fused-ring (bicyclic) bond motifs is 1. The minimum Gasteiger partial charge on any atom is -0.350 e. The van der Waals surface area contributed by atoms with Gasteiger partial charge in [0.2, 0.25) is 0 Å². The number of thiophene rings is 2. The Morgan fingerprint density at radius 2 is 2.19 bits per heavy atom. The quantitative estimate of drug-likeness (QED) is 0.937. The third-order valence-corrected chi connectivity index (χ3v) is 6.13. The van der Waals surface area contributed by atoms with Gasteiger partial charge in [0.1, 0.15) is 0 Å². The molecule has 0 fully saturated rings. The van der Waals surface area contributed by atoms with Gasteiger partial charge in [0, 0.05) is 30.6 Å². The second-order valence-electron chi connectivity index (χ2n) is 5.58. The monoisotopic (exact) mass is 320 g/mol. The Balaban J connectivity index is 1.54. The molecule has 2 aromatic heterocycles. The number of rotatable bonds is 4. The number of hydrogen-bond donors (Lipinski definition) is 1. The third-order valence-electron chi connectivity index (χ3n) is 4.09. The lowest BCUT2D eigenvalue weighted by molar-refractivity contribution is 0.0936. The molecule has 0 saturated heterocycles. The van der Waals surface area contributed by atoms with Crippen LogP contribution in [0.4, 0.5) is 0 Å². The zero-order valence-corrected chi connectivity index (χ0v) is 14.0. The molecule has 0 aliphatic carbocycles. The van der Waals surface area contributed by atoms with Crippen LogP contribution in [0, 0.1) is 6.92 Å². The van der Waals surface area contributed by atoms with E-state index in [2.05, 4.69) is 28.6 Å². The van der Waals surface area contributed by atoms with E-state index in [-0.39, 0.29) is 5.91 Å². The van der Waals surface area contributed by atoms with Gasteiger partial charge in [0.05, 0.1) is 4.88 Å². The molecule has 0 saturated carbocycles. The van der Waals surface area contributed by atoms with Crippen molar-refractivity contribution in [3.8, 4) is 0 Å². The molecule has 0 aromatic carbocycles. The molecule has 5 heteroatoms. The van der Waals surface area contributed by atoms with E-state index in [0.29, 0.717) is 12.6 Å². The number of carbonyl (C=O) groups is 1. The summed E-state index contributed by atoms with van der Waals surface area (Å²) in [5.74, 6) is 0.0579. The SMILES string of the molecule is Cc1ccsc1C(=O)NC[C@@H](C)N1CCc2sccc2C1. The van der Waals surface area contributed by atoms with Crippen LogP contribution in [0.3, 0.4) is 0 Å². The molecule has 3 nitrogen and oxygen atoms in total. The fourth-order valence-corrected chi connectivity index (χ4v) is 4.43. The van der Waals surface area contributed by atoms with Gasteiger partial charge in [-0.25, -0.2) is 0 Å². The largest absolute Gasteiger partial charge is 0.350 e. The van der Waals surface area contributed by atoms with Gasteiger partial charge in [0.25, 0.3) is 5.91 Å². The van der Waals surface area contributed by atoms with Gasteiger partial charge in [-0.05, 0) is 54.3 Å². The topological polar surface area (TPSA) is 32.3 Å². The Morgan fingerprint density at radius 1 is 1.38 bits per heavy atom. The molecule has 1 atom stereocenters. The van der Waals surface area contributed by atoms with Gasteiger partial charge in [0.15, 0.2) is 0 Å². The molecule has 1 amide bonds. The molecule has 2 aromatic rings. The van der Waals surface area contributed by atoms with E-state index in [1.165, 1.54) is 21.8 Å². The van der Waals surface area contributed by atoms with E-state index in [1.54, 1.807) is 0 Å². The Labute approximate surface area is 133 Å². The fraction of sp³-hybridized carbons (Fsp3) is 0.438. The average molecular weight is 320 g/mol. The predicted molar refractivity (Wildman–Crippen MR) is 89.3 cm³/mol. The first-order valence-corrected chi connectivity index (χ1v) is 9.02. The molecule has 3 heterocycles. The molecule has 0 bridgehead atoms. The summed E-state index contributed by atoms with van der Waals surface area (Å²) in [6, 6.07) is 4.58. The molecular weight excluding hydrogens is 300 g/mol. The maximum absolute atomic E-state index is 12.2. The summed E-state index contributed by atoms with van der Waals surface area (Å²) >= 11 is 3.37. The number of aryl methyl sites for hydroxylation is 1. The minimum absolute atomic E-state index is 0.0579. The molecule has 0 radical (unpaired) electrons. The van der Waals surface area contributed by atoms with Crippen molar-refractivity contribution in [2.24, 2.45) is 0 Å². The van der Waals surface area contributed by atoms with Crippen molar-refractivity contribution in [2.75, 3.05) is 13.1 Å². The van der Waals surface area contributed by atoms with Crippen LogP contribution in [-0.2, 0) is 13.0 Å². The van der Waals surface area contributed by atoms with Gasteiger partial charge in [-0.3, -0.25) is 9.69 Å². The highest BCUT2D eigenvalue weighted by Crippen LogP contribution is 2.25. The van der Waals surface area contributed by atoms with Gasteiger partial charge >= 0.3 is 0 Å². The average Bonchev–Trinajstić information content (AvgIpc) is 3.11. The number of carbonyl (C=O) groups excluding carboxylic acids is 1. The minimum atomic E-state index is 0.0579. The van der Waals surface area contributed by atoms with Crippen molar-refractivity contribution in [2.45, 2.75) is 32.9 Å². The highest BCUT2D eigenvalue weighted by molar-refractivity contribution is 7.12. The van der Waals surface area contributed by atoms with Crippen LogP contribution in [0.25, 0.3) is 0 Å². The molecule has 112 valence electrons. The van der Waals surface area contributed by atoms with E-state index in [9.17, 15) is 4.79 Å². The molecule has 0 unspecified atom stereocenters. The standard InChI is InChI=1S/C16H20N2OS2/c1-11-4-7-21-15(11)16(19)17-9-12(2)18-6-3-14-13(10-18)5-8-20-14/h4-5,7-8,12H,3,6,9-10H2,1-2H3,(H,17,19)/t12-/m1/s1. The molecule has 3 rings (SSSR count). The smallest absolute Gasteiger partial charge is 0.261 e. The highest BCUT2D eigenvalue weighted by Gasteiger charge is 2.22. The second-order valence-corrected chi connectivity index (χ2v) is 7.50. The van der Waals surface area contributed by atoms with E-state index in [1.807, 2.05) is 29.7 Å². The van der Waals surface area contributed by atoms with Crippen LogP contribution in [0.5, 0.6) is 0 Å². The van der Waals surface area contributed by atoms with Crippen molar-refractivity contribution in [1.82, 2.24) is 10.2 Å². The van der Waals surface area contributed by atoms with Crippen LogP contribution in [0.15, 0.2) is 22.9 Å². The van der Waals surface area contributed by atoms with Gasteiger partial charge in [-0.2, -0.15) is 0 Å². The molecule has 1 aliphatic heterocycles. The van der Waals surface area contributed by atoms with Crippen LogP contribution in [0.1, 0.15) is 32.6 Å². The van der Waals surface area contributed by atoms with Crippen molar-refractivity contribution in [3.05, 3.63) is 43.8 Å². The van der Waals surface area contributed by atoms with E-state index in [0.717, 1.165) is 30.0 Å².